The summed E-state index contributed by atoms with van der Waals surface area (Å²) in [5, 5.41) is 8.78. The predicted molar refractivity (Wildman–Crippen MR) is 100 cm³/mol. The smallest absolute Gasteiger partial charge is 0.173 e. The van der Waals surface area contributed by atoms with Crippen LogP contribution in [0.15, 0.2) is 24.4 Å². The third kappa shape index (κ3) is 4.30. The highest BCUT2D eigenvalue weighted by atomic mass is 35.5. The molecule has 0 spiro atoms. The van der Waals surface area contributed by atoms with Crippen molar-refractivity contribution in [2.75, 3.05) is 26.6 Å². The lowest BCUT2D eigenvalue weighted by atomic mass is 10.2. The maximum Gasteiger partial charge on any atom is 0.173 e. The topological polar surface area (TPSA) is 51.5 Å². The van der Waals surface area contributed by atoms with Crippen molar-refractivity contribution < 1.29 is 9.47 Å². The molecule has 2 aromatic rings. The molecule has 0 unspecified atom stereocenters. The van der Waals surface area contributed by atoms with Gasteiger partial charge in [0.05, 0.1) is 31.5 Å². The number of nitrogens with zero attached hydrogens (tertiary/aromatic N) is 3. The van der Waals surface area contributed by atoms with Crippen LogP contribution in [-0.4, -0.2) is 41.1 Å². The molecule has 0 aliphatic heterocycles. The SMILES string of the molecule is CCn1cc(Cl)c(CN(C)C(=S)Nc2ccc(OC)cc2OC)n1. The van der Waals surface area contributed by atoms with Gasteiger partial charge in [-0.15, -0.1) is 0 Å². The van der Waals surface area contributed by atoms with Crippen LogP contribution >= 0.6 is 23.8 Å². The lowest BCUT2D eigenvalue weighted by molar-refractivity contribution is 0.395. The lowest BCUT2D eigenvalue weighted by Crippen LogP contribution is -2.31. The minimum absolute atomic E-state index is 0.510. The van der Waals surface area contributed by atoms with E-state index in [1.165, 1.54) is 0 Å². The van der Waals surface area contributed by atoms with Crippen LogP contribution in [0.25, 0.3) is 0 Å². The molecule has 0 fully saturated rings. The van der Waals surface area contributed by atoms with Gasteiger partial charge in [0.15, 0.2) is 5.11 Å². The van der Waals surface area contributed by atoms with Crippen LogP contribution in [-0.2, 0) is 13.1 Å². The number of anilines is 1. The van der Waals surface area contributed by atoms with Gasteiger partial charge in [-0.05, 0) is 31.3 Å². The van der Waals surface area contributed by atoms with Crippen molar-refractivity contribution in [2.24, 2.45) is 0 Å². The number of hydrogen-bond acceptors (Lipinski definition) is 4. The van der Waals surface area contributed by atoms with E-state index in [0.717, 1.165) is 17.9 Å². The average molecular weight is 369 g/mol. The second-order valence-electron chi connectivity index (χ2n) is 5.13. The maximum absolute atomic E-state index is 6.21. The molecule has 130 valence electrons. The van der Waals surface area contributed by atoms with E-state index in [9.17, 15) is 0 Å². The summed E-state index contributed by atoms with van der Waals surface area (Å²) in [6, 6.07) is 5.49. The third-order valence-electron chi connectivity index (χ3n) is 3.50. The van der Waals surface area contributed by atoms with E-state index < -0.39 is 0 Å². The minimum atomic E-state index is 0.510. The van der Waals surface area contributed by atoms with Gasteiger partial charge in [0.25, 0.3) is 0 Å². The van der Waals surface area contributed by atoms with Gasteiger partial charge in [0, 0.05) is 25.9 Å². The van der Waals surface area contributed by atoms with Gasteiger partial charge in [-0.2, -0.15) is 5.10 Å². The van der Waals surface area contributed by atoms with Crippen molar-refractivity contribution in [2.45, 2.75) is 20.0 Å². The summed E-state index contributed by atoms with van der Waals surface area (Å²) in [6.07, 6.45) is 1.81. The summed E-state index contributed by atoms with van der Waals surface area (Å²) in [5.41, 5.74) is 1.55. The van der Waals surface area contributed by atoms with Gasteiger partial charge in [-0.1, -0.05) is 11.6 Å². The Bertz CT molecular complexity index is 720. The molecular weight excluding hydrogens is 348 g/mol. The quantitative estimate of drug-likeness (QED) is 0.789. The number of aryl methyl sites for hydroxylation is 1. The Kier molecular flexibility index (Phi) is 6.28. The Morgan fingerprint density at radius 1 is 1.38 bits per heavy atom. The van der Waals surface area contributed by atoms with Gasteiger partial charge in [0.2, 0.25) is 0 Å². The van der Waals surface area contributed by atoms with Gasteiger partial charge in [-0.25, -0.2) is 0 Å². The molecule has 0 amide bonds. The molecule has 0 saturated heterocycles. The fourth-order valence-corrected chi connectivity index (χ4v) is 2.50. The Balaban J connectivity index is 2.07. The molecule has 8 heteroatoms. The van der Waals surface area contributed by atoms with Gasteiger partial charge < -0.3 is 19.7 Å². The fraction of sp³-hybridized carbons (Fsp3) is 0.375. The first kappa shape index (κ1) is 18.4. The van der Waals surface area contributed by atoms with Gasteiger partial charge in [-0.3, -0.25) is 4.68 Å². The van der Waals surface area contributed by atoms with E-state index in [2.05, 4.69) is 10.4 Å². The van der Waals surface area contributed by atoms with Crippen LogP contribution in [0.2, 0.25) is 5.02 Å². The number of hydrogen-bond donors (Lipinski definition) is 1. The molecule has 1 heterocycles. The van der Waals surface area contributed by atoms with Gasteiger partial charge in [0.1, 0.15) is 17.2 Å². The summed E-state index contributed by atoms with van der Waals surface area (Å²) >= 11 is 11.7. The van der Waals surface area contributed by atoms with Crippen molar-refractivity contribution >= 4 is 34.6 Å². The summed E-state index contributed by atoms with van der Waals surface area (Å²) in [7, 11) is 5.09. The maximum atomic E-state index is 6.21. The van der Waals surface area contributed by atoms with E-state index in [1.54, 1.807) is 25.0 Å². The Morgan fingerprint density at radius 2 is 2.12 bits per heavy atom. The number of thiocarbonyl (C=S) groups is 1. The Labute approximate surface area is 152 Å². The number of benzene rings is 1. The van der Waals surface area contributed by atoms with Crippen molar-refractivity contribution in [3.8, 4) is 11.5 Å². The molecule has 6 nitrogen and oxygen atoms in total. The molecule has 24 heavy (non-hydrogen) atoms. The molecule has 2 rings (SSSR count). The van der Waals surface area contributed by atoms with Crippen molar-refractivity contribution in [3.63, 3.8) is 0 Å². The second-order valence-corrected chi connectivity index (χ2v) is 5.93. The van der Waals surface area contributed by atoms with Crippen molar-refractivity contribution in [3.05, 3.63) is 35.1 Å². The monoisotopic (exact) mass is 368 g/mol. The number of aromatic nitrogens is 2. The van der Waals surface area contributed by atoms with Crippen LogP contribution in [0, 0.1) is 0 Å². The molecule has 1 aromatic heterocycles. The number of halogens is 1. The predicted octanol–water partition coefficient (Wildman–Crippen LogP) is 3.40. The molecule has 1 N–H and O–H groups in total. The molecule has 0 saturated carbocycles. The highest BCUT2D eigenvalue weighted by Crippen LogP contribution is 2.29. The molecule has 0 bridgehead atoms. The first-order valence-corrected chi connectivity index (χ1v) is 8.23. The second kappa shape index (κ2) is 8.21. The lowest BCUT2D eigenvalue weighted by Gasteiger charge is -2.21. The molecule has 0 aliphatic carbocycles. The van der Waals surface area contributed by atoms with Crippen LogP contribution < -0.4 is 14.8 Å². The number of rotatable bonds is 6. The van der Waals surface area contributed by atoms with E-state index in [1.807, 2.05) is 37.2 Å². The number of methoxy groups -OCH3 is 2. The van der Waals surface area contributed by atoms with E-state index >= 15 is 0 Å². The van der Waals surface area contributed by atoms with E-state index in [-0.39, 0.29) is 0 Å². The Hall–Kier alpha value is -1.99. The zero-order valence-corrected chi connectivity index (χ0v) is 15.7. The van der Waals surface area contributed by atoms with E-state index in [4.69, 9.17) is 33.3 Å². The summed E-state index contributed by atoms with van der Waals surface area (Å²) < 4.78 is 12.4. The molecule has 0 radical (unpaired) electrons. The first-order valence-electron chi connectivity index (χ1n) is 7.44. The van der Waals surface area contributed by atoms with Crippen LogP contribution in [0.1, 0.15) is 12.6 Å². The Morgan fingerprint density at radius 3 is 2.71 bits per heavy atom. The summed E-state index contributed by atoms with van der Waals surface area (Å²) in [6.45, 7) is 3.30. The number of ether oxygens (including phenoxy) is 2. The summed E-state index contributed by atoms with van der Waals surface area (Å²) in [5.74, 6) is 1.37. The zero-order valence-electron chi connectivity index (χ0n) is 14.2. The van der Waals surface area contributed by atoms with E-state index in [0.29, 0.717) is 28.2 Å². The van der Waals surface area contributed by atoms with Crippen molar-refractivity contribution in [1.29, 1.82) is 0 Å². The highest BCUT2D eigenvalue weighted by molar-refractivity contribution is 7.80. The third-order valence-corrected chi connectivity index (χ3v) is 4.22. The summed E-state index contributed by atoms with van der Waals surface area (Å²) in [4.78, 5) is 1.87. The minimum Gasteiger partial charge on any atom is -0.497 e. The standard InChI is InChI=1S/C16H21ClN4O2S/c1-5-21-9-12(17)14(19-21)10-20(2)16(24)18-13-7-6-11(22-3)8-15(13)23-4/h6-9H,5,10H2,1-4H3,(H,18,24). The highest BCUT2D eigenvalue weighted by Gasteiger charge is 2.13. The van der Waals surface area contributed by atoms with Crippen molar-refractivity contribution in [1.82, 2.24) is 14.7 Å². The molecule has 0 atom stereocenters. The largest absolute Gasteiger partial charge is 0.497 e. The zero-order chi connectivity index (χ0) is 17.7. The first-order chi connectivity index (χ1) is 11.5. The van der Waals surface area contributed by atoms with Crippen LogP contribution in [0.4, 0.5) is 5.69 Å². The normalized spacial score (nSPS) is 10.4. The fourth-order valence-electron chi connectivity index (χ4n) is 2.12. The van der Waals surface area contributed by atoms with Crippen LogP contribution in [0.5, 0.6) is 11.5 Å². The number of nitrogens with one attached hydrogen (secondary N) is 1. The molecular formula is C16H21ClN4O2S. The van der Waals surface area contributed by atoms with Gasteiger partial charge >= 0.3 is 0 Å². The average Bonchev–Trinajstić information content (AvgIpc) is 2.95. The molecule has 0 aliphatic rings. The van der Waals surface area contributed by atoms with Crippen LogP contribution in [0.3, 0.4) is 0 Å². The molecule has 1 aromatic carbocycles.